The fourth-order valence-electron chi connectivity index (χ4n) is 1.74. The normalized spacial score (nSPS) is 10.8. The van der Waals surface area contributed by atoms with Crippen molar-refractivity contribution in [1.82, 2.24) is 4.98 Å². The molecule has 1 aromatic heterocycles. The Labute approximate surface area is 114 Å². The molecule has 0 fully saturated rings. The van der Waals surface area contributed by atoms with Gasteiger partial charge in [-0.05, 0) is 30.3 Å². The van der Waals surface area contributed by atoms with Gasteiger partial charge in [0.25, 0.3) is 0 Å². The maximum absolute atomic E-state index is 6.04. The lowest BCUT2D eigenvalue weighted by Gasteiger charge is -2.09. The van der Waals surface area contributed by atoms with E-state index in [2.05, 4.69) is 11.1 Å². The third-order valence-corrected chi connectivity index (χ3v) is 3.18. The summed E-state index contributed by atoms with van der Waals surface area (Å²) in [6, 6.07) is 13.9. The van der Waals surface area contributed by atoms with Crippen LogP contribution in [0.25, 0.3) is 10.9 Å². The Morgan fingerprint density at radius 3 is 2.83 bits per heavy atom. The number of nitrogens with one attached hydrogen (secondary N) is 1. The zero-order valence-corrected chi connectivity index (χ0v) is 10.7. The number of hydrogen-bond donors (Lipinski definition) is 1. The number of H-pyrrole nitrogens is 1. The van der Waals surface area contributed by atoms with E-state index in [1.165, 1.54) is 0 Å². The summed E-state index contributed by atoms with van der Waals surface area (Å²) in [5, 5.41) is 1.91. The zero-order chi connectivity index (χ0) is 12.5. The van der Waals surface area contributed by atoms with Crippen molar-refractivity contribution in [3.63, 3.8) is 0 Å². The molecule has 0 spiro atoms. The lowest BCUT2D eigenvalue weighted by atomic mass is 10.2. The van der Waals surface area contributed by atoms with Crippen molar-refractivity contribution in [3.8, 4) is 11.5 Å². The van der Waals surface area contributed by atoms with Gasteiger partial charge < -0.3 is 9.72 Å². The second kappa shape index (κ2) is 4.56. The van der Waals surface area contributed by atoms with E-state index in [-0.39, 0.29) is 0 Å². The average Bonchev–Trinajstić information content (AvgIpc) is 2.81. The molecule has 0 aliphatic heterocycles. The fraction of sp³-hybridized carbons (Fsp3) is 0. The van der Waals surface area contributed by atoms with Gasteiger partial charge in [-0.1, -0.05) is 29.3 Å². The summed E-state index contributed by atoms with van der Waals surface area (Å²) in [5.41, 5.74) is 1.05. The maximum atomic E-state index is 6.04. The van der Waals surface area contributed by atoms with Crippen LogP contribution in [0, 0.1) is 6.07 Å². The molecule has 3 aromatic rings. The molecule has 0 aliphatic rings. The monoisotopic (exact) mass is 276 g/mol. The summed E-state index contributed by atoms with van der Waals surface area (Å²) >= 11 is 12.0. The van der Waals surface area contributed by atoms with Gasteiger partial charge in [0.15, 0.2) is 5.75 Å². The van der Waals surface area contributed by atoms with Crippen molar-refractivity contribution >= 4 is 34.1 Å². The van der Waals surface area contributed by atoms with Crippen LogP contribution < -0.4 is 4.74 Å². The molecule has 0 saturated heterocycles. The number of rotatable bonds is 2. The zero-order valence-electron chi connectivity index (χ0n) is 9.21. The van der Waals surface area contributed by atoms with Gasteiger partial charge >= 0.3 is 0 Å². The van der Waals surface area contributed by atoms with E-state index in [0.717, 1.165) is 10.9 Å². The first-order chi connectivity index (χ1) is 8.74. The minimum atomic E-state index is 0.372. The number of benzene rings is 2. The predicted octanol–water partition coefficient (Wildman–Crippen LogP) is 5.07. The van der Waals surface area contributed by atoms with E-state index in [1.54, 1.807) is 12.1 Å². The molecule has 0 atom stereocenters. The van der Waals surface area contributed by atoms with Gasteiger partial charge in [-0.15, -0.1) is 0 Å². The summed E-state index contributed by atoms with van der Waals surface area (Å²) in [4.78, 5) is 3.12. The van der Waals surface area contributed by atoms with E-state index in [9.17, 15) is 0 Å². The highest BCUT2D eigenvalue weighted by atomic mass is 35.5. The quantitative estimate of drug-likeness (QED) is 0.695. The molecule has 2 nitrogen and oxygen atoms in total. The van der Waals surface area contributed by atoms with Crippen molar-refractivity contribution < 1.29 is 4.74 Å². The topological polar surface area (TPSA) is 25.0 Å². The Balaban J connectivity index is 2.00. The second-order valence-electron chi connectivity index (χ2n) is 3.80. The molecule has 1 N–H and O–H groups in total. The summed E-state index contributed by atoms with van der Waals surface area (Å²) in [6.45, 7) is 0. The molecule has 4 heteroatoms. The van der Waals surface area contributed by atoms with E-state index in [1.807, 2.05) is 30.5 Å². The van der Waals surface area contributed by atoms with Crippen LogP contribution in [0.15, 0.2) is 42.6 Å². The van der Waals surface area contributed by atoms with Gasteiger partial charge in [-0.3, -0.25) is 0 Å². The average molecular weight is 277 g/mol. The highest BCUT2D eigenvalue weighted by Crippen LogP contribution is 2.36. The van der Waals surface area contributed by atoms with Gasteiger partial charge in [-0.2, -0.15) is 0 Å². The lowest BCUT2D eigenvalue weighted by Crippen LogP contribution is -1.86. The number of aromatic nitrogens is 1. The van der Waals surface area contributed by atoms with Crippen LogP contribution in [0.1, 0.15) is 0 Å². The number of fused-ring (bicyclic) bond motifs is 1. The molecule has 0 unspecified atom stereocenters. The predicted molar refractivity (Wildman–Crippen MR) is 73.7 cm³/mol. The van der Waals surface area contributed by atoms with Crippen molar-refractivity contribution in [2.24, 2.45) is 0 Å². The molecule has 3 rings (SSSR count). The van der Waals surface area contributed by atoms with E-state index >= 15 is 0 Å². The van der Waals surface area contributed by atoms with Crippen molar-refractivity contribution in [2.45, 2.75) is 0 Å². The Morgan fingerprint density at radius 1 is 1.11 bits per heavy atom. The van der Waals surface area contributed by atoms with Crippen molar-refractivity contribution in [2.75, 3.05) is 0 Å². The van der Waals surface area contributed by atoms with Crippen LogP contribution in [0.2, 0.25) is 10.0 Å². The highest BCUT2D eigenvalue weighted by molar-refractivity contribution is 6.37. The molecule has 0 aliphatic carbocycles. The Hall–Kier alpha value is -1.64. The largest absolute Gasteiger partial charge is 0.454 e. The number of ether oxygens (including phenoxy) is 1. The van der Waals surface area contributed by atoms with Crippen LogP contribution in [0.3, 0.4) is 0 Å². The molecule has 0 saturated carbocycles. The molecule has 0 amide bonds. The fourth-order valence-corrected chi connectivity index (χ4v) is 2.19. The Kier molecular flexibility index (Phi) is 2.90. The standard InChI is InChI=1S/C14H8Cl2NO/c15-11-2-1-3-12(16)14(11)18-10-4-5-13-9(8-10)6-7-17-13/h1-2,4-8,17H. The molecule has 89 valence electrons. The van der Waals surface area contributed by atoms with E-state index < -0.39 is 0 Å². The van der Waals surface area contributed by atoms with Gasteiger partial charge in [0.1, 0.15) is 5.75 Å². The summed E-state index contributed by atoms with van der Waals surface area (Å²) in [5.74, 6) is 1.11. The molecule has 0 bridgehead atoms. The lowest BCUT2D eigenvalue weighted by molar-refractivity contribution is 0.484. The van der Waals surface area contributed by atoms with Crippen LogP contribution in [0.5, 0.6) is 11.5 Å². The smallest absolute Gasteiger partial charge is 0.165 e. The van der Waals surface area contributed by atoms with Crippen molar-refractivity contribution in [1.29, 1.82) is 0 Å². The number of halogens is 2. The molecule has 1 radical (unpaired) electrons. The van der Waals surface area contributed by atoms with Crippen LogP contribution in [-0.2, 0) is 0 Å². The molecule has 2 aromatic carbocycles. The molecule has 1 heterocycles. The third-order valence-electron chi connectivity index (χ3n) is 2.60. The minimum absolute atomic E-state index is 0.372. The summed E-state index contributed by atoms with van der Waals surface area (Å²) < 4.78 is 5.71. The first-order valence-electron chi connectivity index (χ1n) is 5.35. The summed E-state index contributed by atoms with van der Waals surface area (Å²) in [7, 11) is 0. The van der Waals surface area contributed by atoms with Gasteiger partial charge in [0.05, 0.1) is 10.0 Å². The van der Waals surface area contributed by atoms with Gasteiger partial charge in [0.2, 0.25) is 0 Å². The van der Waals surface area contributed by atoms with Crippen LogP contribution in [-0.4, -0.2) is 4.98 Å². The minimum Gasteiger partial charge on any atom is -0.454 e. The maximum Gasteiger partial charge on any atom is 0.165 e. The first-order valence-corrected chi connectivity index (χ1v) is 6.10. The van der Waals surface area contributed by atoms with Crippen molar-refractivity contribution in [3.05, 3.63) is 58.7 Å². The molecule has 18 heavy (non-hydrogen) atoms. The van der Waals surface area contributed by atoms with E-state index in [4.69, 9.17) is 27.9 Å². The number of hydrogen-bond acceptors (Lipinski definition) is 1. The van der Waals surface area contributed by atoms with Gasteiger partial charge in [0, 0.05) is 23.2 Å². The summed E-state index contributed by atoms with van der Waals surface area (Å²) in [6.07, 6.45) is 1.88. The van der Waals surface area contributed by atoms with Gasteiger partial charge in [-0.25, -0.2) is 0 Å². The third kappa shape index (κ3) is 2.05. The first kappa shape index (κ1) is 11.5. The SMILES string of the molecule is Clc1[c]ccc(Cl)c1Oc1ccc2[nH]ccc2c1. The van der Waals surface area contributed by atoms with Crippen LogP contribution in [0.4, 0.5) is 0 Å². The molecular formula is C14H8Cl2NO. The number of aromatic amines is 1. The second-order valence-corrected chi connectivity index (χ2v) is 4.58. The Bertz CT molecular complexity index is 686. The highest BCUT2D eigenvalue weighted by Gasteiger charge is 2.08. The van der Waals surface area contributed by atoms with E-state index in [0.29, 0.717) is 21.5 Å². The molecular weight excluding hydrogens is 269 g/mol. The Morgan fingerprint density at radius 2 is 2.00 bits per heavy atom. The van der Waals surface area contributed by atoms with Crippen LogP contribution >= 0.6 is 23.2 Å².